The maximum Gasteiger partial charge on any atom is 1.00 e. The maximum atomic E-state index is 13.5. The van der Waals surface area contributed by atoms with Crippen molar-refractivity contribution in [3.05, 3.63) is 81.8 Å². The van der Waals surface area contributed by atoms with Gasteiger partial charge in [0.05, 0.1) is 28.6 Å². The van der Waals surface area contributed by atoms with Crippen molar-refractivity contribution in [2.75, 3.05) is 11.9 Å². The van der Waals surface area contributed by atoms with Crippen molar-refractivity contribution in [2.45, 2.75) is 25.2 Å². The van der Waals surface area contributed by atoms with E-state index in [0.717, 1.165) is 12.1 Å². The molecule has 1 amide bonds. The van der Waals surface area contributed by atoms with Gasteiger partial charge in [0, 0.05) is 16.0 Å². The molecule has 0 unspecified atom stereocenters. The minimum absolute atomic E-state index is 0. The molecule has 9 nitrogen and oxygen atoms in total. The fourth-order valence-electron chi connectivity index (χ4n) is 3.93. The Balaban J connectivity index is 0.00000441. The van der Waals surface area contributed by atoms with Gasteiger partial charge in [-0.25, -0.2) is 0 Å². The molecule has 40 heavy (non-hydrogen) atoms. The molecule has 0 saturated heterocycles. The predicted molar refractivity (Wildman–Crippen MR) is 149 cm³/mol. The van der Waals surface area contributed by atoms with E-state index in [-0.39, 0.29) is 62.2 Å². The number of hydrogen-bond donors (Lipinski definition) is 2. The molecule has 0 fully saturated rings. The number of hydrogen-bond acceptors (Lipinski definition) is 7. The third-order valence-corrected chi connectivity index (χ3v) is 7.34. The number of fused-ring (bicyclic) bond motifs is 1. The number of halogens is 2. The second-order valence-corrected chi connectivity index (χ2v) is 10.5. The van der Waals surface area contributed by atoms with Crippen LogP contribution in [0.1, 0.15) is 29.8 Å². The third-order valence-electron chi connectivity index (χ3n) is 5.79. The molecule has 0 aliphatic rings. The summed E-state index contributed by atoms with van der Waals surface area (Å²) in [5, 5.41) is 25.6. The predicted octanol–water partition coefficient (Wildman–Crippen LogP) is 4.10. The first-order chi connectivity index (χ1) is 18.5. The number of ether oxygens (including phenoxy) is 1. The van der Waals surface area contributed by atoms with Crippen LogP contribution in [-0.4, -0.2) is 25.5 Å². The molecule has 2 N–H and O–H groups in total. The molecule has 4 rings (SSSR count). The van der Waals surface area contributed by atoms with Gasteiger partial charge in [0.15, 0.2) is 0 Å². The van der Waals surface area contributed by atoms with Crippen LogP contribution >= 0.6 is 23.2 Å². The van der Waals surface area contributed by atoms with E-state index in [4.69, 9.17) is 27.9 Å². The van der Waals surface area contributed by atoms with E-state index in [9.17, 15) is 22.9 Å². The molecule has 0 aliphatic carbocycles. The second-order valence-electron chi connectivity index (χ2n) is 8.26. The summed E-state index contributed by atoms with van der Waals surface area (Å²) in [6.45, 7) is 3.95. The maximum absolute atomic E-state index is 13.5. The molecule has 0 aromatic heterocycles. The fourth-order valence-corrected chi connectivity index (χ4v) is 5.10. The average Bonchev–Trinajstić information content (AvgIpc) is 2.89. The van der Waals surface area contributed by atoms with Gasteiger partial charge in [0.1, 0.15) is 10.8 Å². The minimum atomic E-state index is -4.58. The van der Waals surface area contributed by atoms with E-state index < -0.39 is 26.7 Å². The van der Waals surface area contributed by atoms with Gasteiger partial charge in [-0.05, 0) is 54.6 Å². The number of benzene rings is 4. The quantitative estimate of drug-likeness (QED) is 0.175. The van der Waals surface area contributed by atoms with Gasteiger partial charge < -0.3 is 15.2 Å². The summed E-state index contributed by atoms with van der Waals surface area (Å²) in [7, 11) is -4.58. The van der Waals surface area contributed by atoms with Crippen molar-refractivity contribution in [1.82, 2.24) is 0 Å². The Morgan fingerprint density at radius 2 is 1.77 bits per heavy atom. The first-order valence-corrected chi connectivity index (χ1v) is 13.9. The summed E-state index contributed by atoms with van der Waals surface area (Å²) in [4.78, 5) is 12.8. The molecule has 0 spiro atoms. The molecule has 0 bridgehead atoms. The van der Waals surface area contributed by atoms with Crippen LogP contribution in [0.25, 0.3) is 10.8 Å². The molecule has 4 aromatic rings. The normalized spacial score (nSPS) is 11.4. The largest absolute Gasteiger partial charge is 1.00 e. The second kappa shape index (κ2) is 13.3. The van der Waals surface area contributed by atoms with E-state index >= 15 is 0 Å². The van der Waals surface area contributed by atoms with Gasteiger partial charge in [-0.1, -0.05) is 66.2 Å². The zero-order valence-corrected chi connectivity index (χ0v) is 26.1. The van der Waals surface area contributed by atoms with Crippen LogP contribution in [-0.2, 0) is 16.5 Å². The molecule has 13 heteroatoms. The number of nitrogens with one attached hydrogen (secondary N) is 1. The first kappa shape index (κ1) is 31.8. The van der Waals surface area contributed by atoms with E-state index in [2.05, 4.69) is 15.5 Å². The molecule has 202 valence electrons. The van der Waals surface area contributed by atoms with E-state index in [0.29, 0.717) is 35.1 Å². The van der Waals surface area contributed by atoms with Crippen molar-refractivity contribution in [3.63, 3.8) is 0 Å². The van der Waals surface area contributed by atoms with Crippen LogP contribution in [0.15, 0.2) is 75.8 Å². The summed E-state index contributed by atoms with van der Waals surface area (Å²) in [5.74, 6) is -1.05. The topological polar surface area (TPSA) is 140 Å². The molecular formula is C27H22Cl2N3NaO6S. The SMILES string of the molecule is CCOc1cccc(NC(=O)c2cc3ccccc3c(N=Nc3cc(S(=O)(=O)O)cc(Cl)c3CC)c2[O-])c1Cl.[Na+]. The summed E-state index contributed by atoms with van der Waals surface area (Å²) in [6, 6.07) is 15.4. The van der Waals surface area contributed by atoms with Gasteiger partial charge in [-0.15, -0.1) is 0 Å². The molecule has 0 saturated carbocycles. The number of azo groups is 1. The van der Waals surface area contributed by atoms with Crippen LogP contribution in [0, 0.1) is 0 Å². The van der Waals surface area contributed by atoms with Crippen LogP contribution in [0.3, 0.4) is 0 Å². The molecular weight excluding hydrogens is 588 g/mol. The number of rotatable bonds is 8. The standard InChI is InChI=1S/C27H23Cl2N3O6S.Na/c1-3-17-20(28)13-16(39(35,36)37)14-22(17)31-32-25-18-9-6-5-8-15(18)12-19(26(25)33)27(34)30-21-10-7-11-23(24(21)29)38-4-2;/h5-14,33H,3-4H2,1-2H3,(H,30,34)(H,35,36,37);/q;+1/p-1. The molecule has 0 aliphatic heterocycles. The number of anilines is 1. The Kier molecular flexibility index (Phi) is 10.6. The third kappa shape index (κ3) is 6.77. The monoisotopic (exact) mass is 609 g/mol. The van der Waals surface area contributed by atoms with Gasteiger partial charge in [-0.2, -0.15) is 18.6 Å². The Hall–Kier alpha value is -2.70. The van der Waals surface area contributed by atoms with E-state index in [1.807, 2.05) is 0 Å². The van der Waals surface area contributed by atoms with E-state index in [1.54, 1.807) is 56.3 Å². The van der Waals surface area contributed by atoms with Crippen LogP contribution in [0.2, 0.25) is 10.0 Å². The minimum Gasteiger partial charge on any atom is -0.870 e. The zero-order chi connectivity index (χ0) is 28.3. The summed E-state index contributed by atoms with van der Waals surface area (Å²) in [6.07, 6.45) is 0.369. The Bertz CT molecular complexity index is 1730. The average molecular weight is 610 g/mol. The van der Waals surface area contributed by atoms with Gasteiger partial charge in [0.2, 0.25) is 0 Å². The number of amides is 1. The zero-order valence-electron chi connectivity index (χ0n) is 21.7. The molecule has 0 heterocycles. The van der Waals surface area contributed by atoms with Crippen molar-refractivity contribution >= 4 is 67.1 Å². The van der Waals surface area contributed by atoms with Crippen molar-refractivity contribution in [3.8, 4) is 11.5 Å². The Labute approximate surface area is 263 Å². The van der Waals surface area contributed by atoms with Gasteiger partial charge in [-0.3, -0.25) is 9.35 Å². The van der Waals surface area contributed by atoms with Gasteiger partial charge >= 0.3 is 29.6 Å². The van der Waals surface area contributed by atoms with E-state index in [1.165, 1.54) is 6.07 Å². The summed E-state index contributed by atoms with van der Waals surface area (Å²) < 4.78 is 38.4. The summed E-state index contributed by atoms with van der Waals surface area (Å²) in [5.41, 5.74) is 0.425. The molecule has 0 atom stereocenters. The number of carbonyl (C=O) groups is 1. The van der Waals surface area contributed by atoms with Crippen molar-refractivity contribution < 1.29 is 57.2 Å². The molecule has 4 aromatic carbocycles. The Morgan fingerprint density at radius 1 is 1.05 bits per heavy atom. The van der Waals surface area contributed by atoms with Crippen LogP contribution in [0.5, 0.6) is 11.5 Å². The smallest absolute Gasteiger partial charge is 0.870 e. The number of nitrogens with zero attached hydrogens (tertiary/aromatic N) is 2. The van der Waals surface area contributed by atoms with Gasteiger partial charge in [0.25, 0.3) is 16.0 Å². The van der Waals surface area contributed by atoms with Crippen molar-refractivity contribution in [2.24, 2.45) is 10.2 Å². The van der Waals surface area contributed by atoms with Crippen LogP contribution < -0.4 is 44.7 Å². The number of carbonyl (C=O) groups excluding carboxylic acids is 1. The van der Waals surface area contributed by atoms with Crippen LogP contribution in [0.4, 0.5) is 17.1 Å². The first-order valence-electron chi connectivity index (χ1n) is 11.7. The Morgan fingerprint density at radius 3 is 2.45 bits per heavy atom. The summed E-state index contributed by atoms with van der Waals surface area (Å²) >= 11 is 12.6. The fraction of sp³-hybridized carbons (Fsp3) is 0.148. The molecule has 0 radical (unpaired) electrons. The van der Waals surface area contributed by atoms with Crippen molar-refractivity contribution in [1.29, 1.82) is 0 Å².